The predicted octanol–water partition coefficient (Wildman–Crippen LogP) is 2.73. The molecule has 0 unspecified atom stereocenters. The van der Waals surface area contributed by atoms with E-state index in [1.807, 2.05) is 6.07 Å². The minimum absolute atomic E-state index is 0.104. The van der Waals surface area contributed by atoms with Crippen molar-refractivity contribution in [2.75, 3.05) is 11.9 Å². The van der Waals surface area contributed by atoms with Crippen LogP contribution in [0.4, 0.5) is 5.69 Å². The number of ether oxygens (including phenoxy) is 1. The van der Waals surface area contributed by atoms with E-state index in [0.717, 1.165) is 22.2 Å². The van der Waals surface area contributed by atoms with Crippen molar-refractivity contribution in [3.05, 3.63) is 49.3 Å². The molecule has 1 aromatic carbocycles. The van der Waals surface area contributed by atoms with Crippen molar-refractivity contribution >= 4 is 33.2 Å². The third-order valence-corrected chi connectivity index (χ3v) is 3.92. The zero-order chi connectivity index (χ0) is 14.1. The lowest BCUT2D eigenvalue weighted by Gasteiger charge is -2.11. The summed E-state index contributed by atoms with van der Waals surface area (Å²) in [7, 11) is 0. The van der Waals surface area contributed by atoms with Crippen LogP contribution in [0.3, 0.4) is 0 Å². The quantitative estimate of drug-likeness (QED) is 0.887. The molecule has 7 heteroatoms. The first-order chi connectivity index (χ1) is 9.65. The van der Waals surface area contributed by atoms with E-state index in [0.29, 0.717) is 18.8 Å². The van der Waals surface area contributed by atoms with E-state index in [2.05, 4.69) is 37.5 Å². The molecule has 0 fully saturated rings. The van der Waals surface area contributed by atoms with E-state index in [1.165, 1.54) is 11.8 Å². The molecule has 0 atom stereocenters. The van der Waals surface area contributed by atoms with Crippen LogP contribution in [0.15, 0.2) is 27.6 Å². The van der Waals surface area contributed by atoms with Gasteiger partial charge in [0.15, 0.2) is 0 Å². The van der Waals surface area contributed by atoms with Gasteiger partial charge in [0.05, 0.1) is 18.5 Å². The Morgan fingerprint density at radius 2 is 2.35 bits per heavy atom. The molecule has 0 saturated heterocycles. The number of halogens is 2. The molecule has 1 aromatic heterocycles. The van der Waals surface area contributed by atoms with Crippen molar-refractivity contribution in [2.24, 2.45) is 0 Å². The van der Waals surface area contributed by atoms with Gasteiger partial charge in [-0.05, 0) is 17.7 Å². The number of rotatable bonds is 3. The highest BCUT2D eigenvalue weighted by atomic mass is 79.9. The van der Waals surface area contributed by atoms with E-state index in [1.54, 1.807) is 0 Å². The molecule has 3 rings (SSSR count). The van der Waals surface area contributed by atoms with Gasteiger partial charge in [-0.25, -0.2) is 5.10 Å². The minimum atomic E-state index is -0.410. The van der Waals surface area contributed by atoms with Crippen LogP contribution >= 0.6 is 27.5 Å². The fourth-order valence-electron chi connectivity index (χ4n) is 2.17. The Morgan fingerprint density at radius 3 is 3.20 bits per heavy atom. The maximum atomic E-state index is 11.4. The summed E-state index contributed by atoms with van der Waals surface area (Å²) < 4.78 is 6.66. The van der Waals surface area contributed by atoms with Gasteiger partial charge in [0, 0.05) is 23.0 Å². The first-order valence-corrected chi connectivity index (χ1v) is 7.23. The average Bonchev–Trinajstić information content (AvgIpc) is 2.88. The molecule has 0 amide bonds. The normalized spacial score (nSPS) is 12.9. The largest absolute Gasteiger partial charge is 0.493 e. The number of anilines is 1. The van der Waals surface area contributed by atoms with Gasteiger partial charge in [-0.1, -0.05) is 27.5 Å². The highest BCUT2D eigenvalue weighted by Crippen LogP contribution is 2.33. The molecular formula is C13H11BrClN3O2. The number of fused-ring (bicyclic) bond motifs is 1. The van der Waals surface area contributed by atoms with E-state index < -0.39 is 5.56 Å². The van der Waals surface area contributed by atoms with Crippen molar-refractivity contribution in [1.82, 2.24) is 10.2 Å². The fraction of sp³-hybridized carbons (Fsp3) is 0.231. The van der Waals surface area contributed by atoms with Crippen LogP contribution in [0.1, 0.15) is 11.1 Å². The molecule has 2 heterocycles. The zero-order valence-electron chi connectivity index (χ0n) is 10.4. The van der Waals surface area contributed by atoms with Crippen molar-refractivity contribution in [2.45, 2.75) is 13.0 Å². The molecule has 0 spiro atoms. The molecule has 0 bridgehead atoms. The summed E-state index contributed by atoms with van der Waals surface area (Å²) in [6.07, 6.45) is 2.40. The van der Waals surface area contributed by atoms with Gasteiger partial charge in [-0.2, -0.15) is 5.10 Å². The maximum Gasteiger partial charge on any atom is 0.285 e. The third-order valence-electron chi connectivity index (χ3n) is 3.09. The predicted molar refractivity (Wildman–Crippen MR) is 80.5 cm³/mol. The van der Waals surface area contributed by atoms with Gasteiger partial charge in [0.25, 0.3) is 5.56 Å². The summed E-state index contributed by atoms with van der Waals surface area (Å²) in [6.45, 7) is 1.21. The standard InChI is InChI=1S/C13H11BrClN3O2/c14-9-3-7-1-2-20-12(7)8(4-9)5-16-10-6-17-18-13(19)11(10)15/h3-4,6H,1-2,5H2,(H2,16,18,19). The van der Waals surface area contributed by atoms with Gasteiger partial charge >= 0.3 is 0 Å². The van der Waals surface area contributed by atoms with Crippen LogP contribution in [0, 0.1) is 0 Å². The molecular weight excluding hydrogens is 346 g/mol. The number of nitrogens with one attached hydrogen (secondary N) is 2. The second-order valence-corrected chi connectivity index (χ2v) is 5.73. The Hall–Kier alpha value is -1.53. The summed E-state index contributed by atoms with van der Waals surface area (Å²) >= 11 is 9.41. The lowest BCUT2D eigenvalue weighted by molar-refractivity contribution is 0.354. The Balaban J connectivity index is 1.86. The number of aromatic amines is 1. The van der Waals surface area contributed by atoms with Crippen molar-refractivity contribution in [3.63, 3.8) is 0 Å². The number of aromatic nitrogens is 2. The summed E-state index contributed by atoms with van der Waals surface area (Å²) in [5.41, 5.74) is 2.30. The summed E-state index contributed by atoms with van der Waals surface area (Å²) in [6, 6.07) is 4.05. The maximum absolute atomic E-state index is 11.4. The second-order valence-electron chi connectivity index (χ2n) is 4.43. The fourth-order valence-corrected chi connectivity index (χ4v) is 2.89. The molecule has 1 aliphatic heterocycles. The Kier molecular flexibility index (Phi) is 3.67. The van der Waals surface area contributed by atoms with Gasteiger partial charge in [-0.3, -0.25) is 4.79 Å². The van der Waals surface area contributed by atoms with Crippen LogP contribution in [0.5, 0.6) is 5.75 Å². The van der Waals surface area contributed by atoms with Gasteiger partial charge in [0.2, 0.25) is 0 Å². The van der Waals surface area contributed by atoms with Crippen LogP contribution in [-0.4, -0.2) is 16.8 Å². The Bertz CT molecular complexity index is 717. The molecule has 20 heavy (non-hydrogen) atoms. The van der Waals surface area contributed by atoms with Gasteiger partial charge in [0.1, 0.15) is 10.8 Å². The van der Waals surface area contributed by atoms with Crippen molar-refractivity contribution in [3.8, 4) is 5.75 Å². The van der Waals surface area contributed by atoms with Crippen molar-refractivity contribution in [1.29, 1.82) is 0 Å². The van der Waals surface area contributed by atoms with E-state index >= 15 is 0 Å². The smallest absolute Gasteiger partial charge is 0.285 e. The molecule has 1 aliphatic rings. The Labute approximate surface area is 128 Å². The number of nitrogens with zero attached hydrogens (tertiary/aromatic N) is 1. The SMILES string of the molecule is O=c1[nH]ncc(NCc2cc(Br)cc3c2OCC3)c1Cl. The number of hydrogen-bond donors (Lipinski definition) is 2. The zero-order valence-corrected chi connectivity index (χ0v) is 12.7. The summed E-state index contributed by atoms with van der Waals surface area (Å²) in [4.78, 5) is 11.4. The molecule has 2 N–H and O–H groups in total. The van der Waals surface area contributed by atoms with E-state index in [4.69, 9.17) is 16.3 Å². The average molecular weight is 357 g/mol. The van der Waals surface area contributed by atoms with E-state index in [9.17, 15) is 4.79 Å². The third kappa shape index (κ3) is 2.53. The van der Waals surface area contributed by atoms with E-state index in [-0.39, 0.29) is 5.02 Å². The Morgan fingerprint density at radius 1 is 1.50 bits per heavy atom. The number of hydrogen-bond acceptors (Lipinski definition) is 4. The molecule has 2 aromatic rings. The topological polar surface area (TPSA) is 67.0 Å². The lowest BCUT2D eigenvalue weighted by Crippen LogP contribution is -2.12. The van der Waals surface area contributed by atoms with Gasteiger partial charge < -0.3 is 10.1 Å². The monoisotopic (exact) mass is 355 g/mol. The molecule has 104 valence electrons. The molecule has 0 radical (unpaired) electrons. The first-order valence-electron chi connectivity index (χ1n) is 6.06. The van der Waals surface area contributed by atoms with Crippen LogP contribution in [-0.2, 0) is 13.0 Å². The van der Waals surface area contributed by atoms with Crippen LogP contribution in [0.2, 0.25) is 5.02 Å². The number of benzene rings is 1. The van der Waals surface area contributed by atoms with Crippen molar-refractivity contribution < 1.29 is 4.74 Å². The van der Waals surface area contributed by atoms with Gasteiger partial charge in [-0.15, -0.1) is 0 Å². The van der Waals surface area contributed by atoms with Crippen LogP contribution < -0.4 is 15.6 Å². The first kappa shape index (κ1) is 13.5. The minimum Gasteiger partial charge on any atom is -0.493 e. The summed E-state index contributed by atoms with van der Waals surface area (Å²) in [5.74, 6) is 0.912. The molecule has 0 aliphatic carbocycles. The highest BCUT2D eigenvalue weighted by molar-refractivity contribution is 9.10. The summed E-state index contributed by atoms with van der Waals surface area (Å²) in [5, 5.41) is 9.22. The lowest BCUT2D eigenvalue weighted by atomic mass is 10.1. The highest BCUT2D eigenvalue weighted by Gasteiger charge is 2.17. The van der Waals surface area contributed by atoms with Crippen LogP contribution in [0.25, 0.3) is 0 Å². The second kappa shape index (κ2) is 5.46. The molecule has 5 nitrogen and oxygen atoms in total. The molecule has 0 saturated carbocycles. The number of H-pyrrole nitrogens is 1.